The van der Waals surface area contributed by atoms with Gasteiger partial charge in [-0.1, -0.05) is 52.0 Å². The first-order valence-corrected chi connectivity index (χ1v) is 16.1. The molecule has 0 saturated carbocycles. The molecular formula is C34H54B2F2K2O7. The Bertz CT molecular complexity index is 1080. The smallest absolute Gasteiger partial charge is 0.540 e. The van der Waals surface area contributed by atoms with E-state index in [2.05, 4.69) is 27.7 Å². The minimum atomic E-state index is -2.03. The Morgan fingerprint density at radius 3 is 1.04 bits per heavy atom. The van der Waals surface area contributed by atoms with E-state index < -0.39 is 24.7 Å². The molecule has 3 fully saturated rings. The summed E-state index contributed by atoms with van der Waals surface area (Å²) in [4.78, 5) is 0. The van der Waals surface area contributed by atoms with Gasteiger partial charge in [0.05, 0.1) is 0 Å². The molecule has 2 aromatic rings. The molecule has 0 spiro atoms. The predicted molar refractivity (Wildman–Crippen MR) is 177 cm³/mol. The van der Waals surface area contributed by atoms with Gasteiger partial charge in [0.25, 0.3) is 0 Å². The van der Waals surface area contributed by atoms with Gasteiger partial charge >= 0.3 is 116 Å². The van der Waals surface area contributed by atoms with Crippen LogP contribution in [0.5, 0.6) is 0 Å². The van der Waals surface area contributed by atoms with Crippen LogP contribution < -0.4 is 114 Å². The molecule has 0 radical (unpaired) electrons. The standard InChI is InChI=1S/2C15H23BFO3.C4H8O.2K/c2*1-14(2,3)20-16(12-6-8-13(17)9-7-12)18-10-15(4,5)11-19-16;1-2-4-5-3-1;;/h2*6-9H,10-11H2,1-5H3;1-4H2;;/q2*-1;;2*+1. The number of rotatable bonds is 4. The SMILES string of the molecule is C1CCOC1.CC1(C)CO[B-](OC(C)(C)C)(c2ccc(F)cc2)OC1.CC1(C)CO[B-](OC(C)(C)C)(c2ccc(F)cc2)OC1.[K+].[K+]. The molecule has 0 unspecified atom stereocenters. The zero-order valence-electron chi connectivity index (χ0n) is 31.0. The van der Waals surface area contributed by atoms with Gasteiger partial charge in [0.2, 0.25) is 0 Å². The summed E-state index contributed by atoms with van der Waals surface area (Å²) in [5.41, 5.74) is 0.527. The van der Waals surface area contributed by atoms with Crippen molar-refractivity contribution in [1.29, 1.82) is 0 Å². The van der Waals surface area contributed by atoms with Crippen molar-refractivity contribution in [2.45, 2.75) is 93.3 Å². The molecule has 254 valence electrons. The third-order valence-electron chi connectivity index (χ3n) is 7.18. The number of hydrogen-bond donors (Lipinski definition) is 0. The van der Waals surface area contributed by atoms with E-state index in [0.29, 0.717) is 26.4 Å². The topological polar surface area (TPSA) is 64.6 Å². The van der Waals surface area contributed by atoms with Crippen molar-refractivity contribution < 1.29 is 144 Å². The van der Waals surface area contributed by atoms with Crippen LogP contribution in [0.1, 0.15) is 82.1 Å². The summed E-state index contributed by atoms with van der Waals surface area (Å²) < 4.78 is 67.3. The summed E-state index contributed by atoms with van der Waals surface area (Å²) in [5.74, 6) is -0.571. The molecule has 3 aliphatic rings. The number of hydrogen-bond acceptors (Lipinski definition) is 7. The molecule has 13 heteroatoms. The largest absolute Gasteiger partial charge is 1.00 e. The third kappa shape index (κ3) is 15.9. The van der Waals surface area contributed by atoms with E-state index in [4.69, 9.17) is 32.7 Å². The maximum atomic E-state index is 13.1. The van der Waals surface area contributed by atoms with Crippen LogP contribution in [-0.2, 0) is 32.7 Å². The molecule has 3 saturated heterocycles. The summed E-state index contributed by atoms with van der Waals surface area (Å²) in [6, 6.07) is 12.3. The molecule has 0 amide bonds. The molecule has 2 aromatic carbocycles. The first kappa shape index (κ1) is 46.4. The average molecular weight is 713 g/mol. The minimum absolute atomic E-state index is 0. The molecule has 0 aromatic heterocycles. The molecule has 0 atom stereocenters. The number of benzene rings is 2. The molecule has 0 N–H and O–H groups in total. The maximum Gasteiger partial charge on any atom is 1.00 e. The Balaban J connectivity index is 0.000000394. The van der Waals surface area contributed by atoms with Crippen LogP contribution in [-0.4, -0.2) is 64.4 Å². The maximum absolute atomic E-state index is 13.1. The van der Waals surface area contributed by atoms with Crippen molar-refractivity contribution in [3.63, 3.8) is 0 Å². The van der Waals surface area contributed by atoms with Crippen LogP contribution in [0.2, 0.25) is 0 Å². The van der Waals surface area contributed by atoms with Crippen LogP contribution >= 0.6 is 0 Å². The van der Waals surface area contributed by atoms with Crippen molar-refractivity contribution >= 4 is 24.4 Å². The second-order valence-electron chi connectivity index (χ2n) is 15.7. The Hall–Kier alpha value is 1.42. The summed E-state index contributed by atoms with van der Waals surface area (Å²) in [6.07, 6.45) is 2.56. The zero-order valence-corrected chi connectivity index (χ0v) is 37.3. The van der Waals surface area contributed by atoms with Gasteiger partial charge in [0.15, 0.2) is 0 Å². The second-order valence-corrected chi connectivity index (χ2v) is 15.7. The van der Waals surface area contributed by atoms with E-state index >= 15 is 0 Å². The van der Waals surface area contributed by atoms with Crippen LogP contribution in [0.25, 0.3) is 0 Å². The molecule has 0 aliphatic carbocycles. The van der Waals surface area contributed by atoms with Crippen LogP contribution in [0, 0.1) is 22.5 Å². The van der Waals surface area contributed by atoms with Crippen molar-refractivity contribution in [3.8, 4) is 0 Å². The zero-order chi connectivity index (χ0) is 33.6. The second kappa shape index (κ2) is 19.5. The predicted octanol–water partition coefficient (Wildman–Crippen LogP) is 0.524. The van der Waals surface area contributed by atoms with Crippen LogP contribution in [0.4, 0.5) is 8.78 Å². The first-order valence-electron chi connectivity index (χ1n) is 16.1. The first-order chi connectivity index (χ1) is 20.7. The molecule has 3 heterocycles. The third-order valence-corrected chi connectivity index (χ3v) is 7.18. The quantitative estimate of drug-likeness (QED) is 0.429. The van der Waals surface area contributed by atoms with Gasteiger partial charge in [-0.05, 0) is 78.6 Å². The fourth-order valence-corrected chi connectivity index (χ4v) is 5.02. The van der Waals surface area contributed by atoms with Gasteiger partial charge in [-0.25, -0.2) is 8.78 Å². The van der Waals surface area contributed by atoms with E-state index in [0.717, 1.165) is 24.1 Å². The molecule has 5 rings (SSSR count). The monoisotopic (exact) mass is 712 g/mol. The normalized spacial score (nSPS) is 21.0. The Morgan fingerprint density at radius 1 is 0.553 bits per heavy atom. The number of ether oxygens (including phenoxy) is 1. The summed E-state index contributed by atoms with van der Waals surface area (Å²) in [7, 11) is 0. The molecule has 47 heavy (non-hydrogen) atoms. The average Bonchev–Trinajstić information content (AvgIpc) is 3.52. The minimum Gasteiger partial charge on any atom is -0.540 e. The molecule has 0 bridgehead atoms. The van der Waals surface area contributed by atoms with Gasteiger partial charge in [0.1, 0.15) is 11.6 Å². The molecule has 7 nitrogen and oxygen atoms in total. The summed E-state index contributed by atoms with van der Waals surface area (Å²) >= 11 is 0. The van der Waals surface area contributed by atoms with E-state index in [-0.39, 0.29) is 125 Å². The summed E-state index contributed by atoms with van der Waals surface area (Å²) in [6.45, 7) is 20.1. The van der Waals surface area contributed by atoms with Gasteiger partial charge in [0, 0.05) is 61.7 Å². The van der Waals surface area contributed by atoms with Gasteiger partial charge in [-0.2, -0.15) is 0 Å². The van der Waals surface area contributed by atoms with E-state index in [1.807, 2.05) is 41.5 Å². The van der Waals surface area contributed by atoms with Crippen molar-refractivity contribution in [3.05, 3.63) is 60.2 Å². The van der Waals surface area contributed by atoms with Gasteiger partial charge in [-0.15, -0.1) is 10.9 Å². The Labute approximate surface area is 367 Å². The van der Waals surface area contributed by atoms with E-state index in [1.54, 1.807) is 24.3 Å². The van der Waals surface area contributed by atoms with Crippen LogP contribution in [0.3, 0.4) is 0 Å². The Kier molecular flexibility index (Phi) is 19.3. The fourth-order valence-electron chi connectivity index (χ4n) is 5.02. The Morgan fingerprint density at radius 2 is 0.830 bits per heavy atom. The van der Waals surface area contributed by atoms with Gasteiger partial charge < -0.3 is 32.7 Å². The fraction of sp³-hybridized carbons (Fsp3) is 0.647. The van der Waals surface area contributed by atoms with E-state index in [9.17, 15) is 8.78 Å². The van der Waals surface area contributed by atoms with E-state index in [1.165, 1.54) is 37.1 Å². The molecular weight excluding hydrogens is 658 g/mol. The van der Waals surface area contributed by atoms with Crippen molar-refractivity contribution in [2.75, 3.05) is 39.6 Å². The summed E-state index contributed by atoms with van der Waals surface area (Å²) in [5, 5.41) is 0. The van der Waals surface area contributed by atoms with Crippen LogP contribution in [0.15, 0.2) is 48.5 Å². The van der Waals surface area contributed by atoms with Gasteiger partial charge in [-0.3, -0.25) is 0 Å². The van der Waals surface area contributed by atoms with Crippen molar-refractivity contribution in [1.82, 2.24) is 0 Å². The number of halogens is 2. The van der Waals surface area contributed by atoms with Crippen molar-refractivity contribution in [2.24, 2.45) is 10.8 Å². The molecule has 3 aliphatic heterocycles.